The molecule has 0 aliphatic heterocycles. The monoisotopic (exact) mass is 260 g/mol. The maximum atomic E-state index is 5.83. The van der Waals surface area contributed by atoms with Gasteiger partial charge in [-0.05, 0) is 38.5 Å². The first-order valence-electron chi connectivity index (χ1n) is 6.35. The number of hydrogen-bond donors (Lipinski definition) is 0. The third-order valence-electron chi connectivity index (χ3n) is 2.78. The summed E-state index contributed by atoms with van der Waals surface area (Å²) in [5.74, 6) is 1.53. The van der Waals surface area contributed by atoms with E-state index in [9.17, 15) is 0 Å². The number of ether oxygens (including phenoxy) is 2. The molecular formula is C15H20N2O2. The van der Waals surface area contributed by atoms with E-state index in [1.165, 1.54) is 0 Å². The fourth-order valence-corrected chi connectivity index (χ4v) is 2.07. The molecule has 0 aliphatic rings. The Morgan fingerprint density at radius 1 is 1.26 bits per heavy atom. The van der Waals surface area contributed by atoms with Crippen LogP contribution in [0.25, 0.3) is 11.1 Å². The fourth-order valence-electron chi connectivity index (χ4n) is 2.07. The number of nitrogens with zero attached hydrogens (tertiary/aromatic N) is 2. The van der Waals surface area contributed by atoms with Crippen molar-refractivity contribution in [1.29, 1.82) is 0 Å². The minimum atomic E-state index is 0.109. The Balaban J connectivity index is 2.56. The van der Waals surface area contributed by atoms with Crippen molar-refractivity contribution in [3.05, 3.63) is 30.1 Å². The molecule has 0 saturated heterocycles. The predicted molar refractivity (Wildman–Crippen MR) is 75.7 cm³/mol. The molecule has 0 fully saturated rings. The minimum Gasteiger partial charge on any atom is -0.492 e. The van der Waals surface area contributed by atoms with E-state index >= 15 is 0 Å². The van der Waals surface area contributed by atoms with Crippen molar-refractivity contribution < 1.29 is 9.47 Å². The molecule has 0 saturated carbocycles. The average molecular weight is 260 g/mol. The summed E-state index contributed by atoms with van der Waals surface area (Å²) in [6, 6.07) is 4.09. The lowest BCUT2D eigenvalue weighted by atomic mass is 10.0. The van der Waals surface area contributed by atoms with Gasteiger partial charge < -0.3 is 9.47 Å². The van der Waals surface area contributed by atoms with Crippen molar-refractivity contribution in [3.63, 3.8) is 0 Å². The van der Waals surface area contributed by atoms with Gasteiger partial charge in [0, 0.05) is 24.4 Å². The molecular weight excluding hydrogens is 240 g/mol. The molecule has 0 radical (unpaired) electrons. The first-order valence-corrected chi connectivity index (χ1v) is 6.35. The third kappa shape index (κ3) is 2.89. The van der Waals surface area contributed by atoms with Crippen LogP contribution in [0.2, 0.25) is 0 Å². The van der Waals surface area contributed by atoms with E-state index in [4.69, 9.17) is 9.47 Å². The Labute approximate surface area is 114 Å². The zero-order valence-electron chi connectivity index (χ0n) is 12.1. The highest BCUT2D eigenvalue weighted by molar-refractivity contribution is 5.74. The molecule has 1 aromatic carbocycles. The molecule has 2 rings (SSSR count). The van der Waals surface area contributed by atoms with Crippen molar-refractivity contribution in [3.8, 4) is 22.6 Å². The highest BCUT2D eigenvalue weighted by Crippen LogP contribution is 2.39. The summed E-state index contributed by atoms with van der Waals surface area (Å²) in [4.78, 5) is 0. The van der Waals surface area contributed by atoms with Gasteiger partial charge in [-0.1, -0.05) is 0 Å². The molecule has 0 spiro atoms. The van der Waals surface area contributed by atoms with E-state index in [0.717, 1.165) is 28.2 Å². The van der Waals surface area contributed by atoms with Gasteiger partial charge in [-0.25, -0.2) is 0 Å². The normalized spacial score (nSPS) is 10.8. The zero-order valence-corrected chi connectivity index (χ0v) is 12.1. The third-order valence-corrected chi connectivity index (χ3v) is 2.78. The van der Waals surface area contributed by atoms with Crippen molar-refractivity contribution in [2.45, 2.75) is 26.9 Å². The van der Waals surface area contributed by atoms with Gasteiger partial charge in [-0.3, -0.25) is 4.68 Å². The number of rotatable bonds is 4. The SMILES string of the molecule is COc1c(OC(C)C)cc(C)cc1-c1cnn(C)c1. The minimum absolute atomic E-state index is 0.109. The summed E-state index contributed by atoms with van der Waals surface area (Å²) < 4.78 is 13.1. The van der Waals surface area contributed by atoms with Crippen LogP contribution in [0, 0.1) is 6.92 Å². The smallest absolute Gasteiger partial charge is 0.168 e. The zero-order chi connectivity index (χ0) is 14.0. The molecule has 4 heteroatoms. The van der Waals surface area contributed by atoms with Crippen LogP contribution >= 0.6 is 0 Å². The molecule has 0 atom stereocenters. The Hall–Kier alpha value is -1.97. The lowest BCUT2D eigenvalue weighted by Gasteiger charge is -2.17. The van der Waals surface area contributed by atoms with Crippen LogP contribution in [0.1, 0.15) is 19.4 Å². The molecule has 19 heavy (non-hydrogen) atoms. The summed E-state index contributed by atoms with van der Waals surface area (Å²) in [5.41, 5.74) is 3.17. The predicted octanol–water partition coefficient (Wildman–Crippen LogP) is 3.19. The maximum Gasteiger partial charge on any atom is 0.168 e. The van der Waals surface area contributed by atoms with Gasteiger partial charge in [0.15, 0.2) is 11.5 Å². The average Bonchev–Trinajstić information content (AvgIpc) is 2.74. The largest absolute Gasteiger partial charge is 0.492 e. The number of hydrogen-bond acceptors (Lipinski definition) is 3. The number of aryl methyl sites for hydroxylation is 2. The van der Waals surface area contributed by atoms with Crippen LogP contribution in [0.15, 0.2) is 24.5 Å². The molecule has 0 amide bonds. The van der Waals surface area contributed by atoms with Crippen LogP contribution in [-0.2, 0) is 7.05 Å². The topological polar surface area (TPSA) is 36.3 Å². The lowest BCUT2D eigenvalue weighted by molar-refractivity contribution is 0.230. The van der Waals surface area contributed by atoms with Crippen LogP contribution in [-0.4, -0.2) is 23.0 Å². The van der Waals surface area contributed by atoms with Crippen molar-refractivity contribution in [2.75, 3.05) is 7.11 Å². The first-order chi connectivity index (χ1) is 9.01. The van der Waals surface area contributed by atoms with E-state index < -0.39 is 0 Å². The molecule has 102 valence electrons. The number of benzene rings is 1. The molecule has 0 N–H and O–H groups in total. The van der Waals surface area contributed by atoms with Crippen LogP contribution in [0.5, 0.6) is 11.5 Å². The summed E-state index contributed by atoms with van der Waals surface area (Å²) in [7, 11) is 3.56. The van der Waals surface area contributed by atoms with Gasteiger partial charge in [0.2, 0.25) is 0 Å². The van der Waals surface area contributed by atoms with Crippen molar-refractivity contribution in [1.82, 2.24) is 9.78 Å². The van der Waals surface area contributed by atoms with E-state index in [1.54, 1.807) is 11.8 Å². The lowest BCUT2D eigenvalue weighted by Crippen LogP contribution is -2.07. The fraction of sp³-hybridized carbons (Fsp3) is 0.400. The van der Waals surface area contributed by atoms with E-state index in [1.807, 2.05) is 46.3 Å². The van der Waals surface area contributed by atoms with Crippen molar-refractivity contribution >= 4 is 0 Å². The van der Waals surface area contributed by atoms with Crippen molar-refractivity contribution in [2.24, 2.45) is 7.05 Å². The second kappa shape index (κ2) is 5.34. The van der Waals surface area contributed by atoms with Gasteiger partial charge in [0.25, 0.3) is 0 Å². The molecule has 0 unspecified atom stereocenters. The van der Waals surface area contributed by atoms with Crippen LogP contribution in [0.3, 0.4) is 0 Å². The number of methoxy groups -OCH3 is 1. The molecule has 1 heterocycles. The maximum absolute atomic E-state index is 5.83. The van der Waals surface area contributed by atoms with Gasteiger partial charge in [0.1, 0.15) is 0 Å². The first kappa shape index (κ1) is 13.5. The summed E-state index contributed by atoms with van der Waals surface area (Å²) in [6.45, 7) is 6.06. The number of aromatic nitrogens is 2. The van der Waals surface area contributed by atoms with E-state index in [-0.39, 0.29) is 6.10 Å². The highest BCUT2D eigenvalue weighted by Gasteiger charge is 2.15. The summed E-state index contributed by atoms with van der Waals surface area (Å²) in [6.07, 6.45) is 3.91. The van der Waals surface area contributed by atoms with Crippen LogP contribution in [0.4, 0.5) is 0 Å². The Morgan fingerprint density at radius 2 is 2.00 bits per heavy atom. The van der Waals surface area contributed by atoms with Gasteiger partial charge in [-0.2, -0.15) is 5.10 Å². The highest BCUT2D eigenvalue weighted by atomic mass is 16.5. The second-order valence-corrected chi connectivity index (χ2v) is 4.91. The molecule has 0 aliphatic carbocycles. The Bertz CT molecular complexity index is 574. The van der Waals surface area contributed by atoms with Gasteiger partial charge in [-0.15, -0.1) is 0 Å². The van der Waals surface area contributed by atoms with E-state index in [0.29, 0.717) is 0 Å². The Morgan fingerprint density at radius 3 is 2.53 bits per heavy atom. The summed E-state index contributed by atoms with van der Waals surface area (Å²) >= 11 is 0. The summed E-state index contributed by atoms with van der Waals surface area (Å²) in [5, 5.41) is 4.21. The van der Waals surface area contributed by atoms with Gasteiger partial charge in [0.05, 0.1) is 19.4 Å². The molecule has 2 aromatic rings. The second-order valence-electron chi connectivity index (χ2n) is 4.91. The Kier molecular flexibility index (Phi) is 3.79. The standard InChI is InChI=1S/C15H20N2O2/c1-10(2)19-14-7-11(3)6-13(15(14)18-5)12-8-16-17(4)9-12/h6-10H,1-5H3. The van der Waals surface area contributed by atoms with Gasteiger partial charge >= 0.3 is 0 Å². The van der Waals surface area contributed by atoms with Crippen LogP contribution < -0.4 is 9.47 Å². The molecule has 1 aromatic heterocycles. The quantitative estimate of drug-likeness (QED) is 0.847. The molecule has 0 bridgehead atoms. The molecule has 4 nitrogen and oxygen atoms in total. The van der Waals surface area contributed by atoms with E-state index in [2.05, 4.69) is 11.2 Å².